The van der Waals surface area contributed by atoms with Gasteiger partial charge in [0, 0.05) is 18.4 Å². The van der Waals surface area contributed by atoms with Crippen molar-refractivity contribution in [2.24, 2.45) is 0 Å². The Hall–Kier alpha value is -3.72. The number of carbonyl (C=O) groups excluding carboxylic acids is 1. The molecule has 5 rings (SSSR count). The molecule has 1 aromatic heterocycles. The van der Waals surface area contributed by atoms with Gasteiger partial charge in [0.2, 0.25) is 5.91 Å². The first-order valence-electron chi connectivity index (χ1n) is 11.6. The first-order chi connectivity index (χ1) is 17.2. The SMILES string of the molecule is O=C(O)C(F)(F)F.O=C1N(Cc2ccccc2)c2ccccc2C12CCN(Cc1ccccn1)CC2. The Kier molecular flexibility index (Phi) is 7.40. The van der Waals surface area contributed by atoms with Gasteiger partial charge in [0.1, 0.15) is 0 Å². The summed E-state index contributed by atoms with van der Waals surface area (Å²) in [6, 6.07) is 24.7. The van der Waals surface area contributed by atoms with Crippen LogP contribution in [0.25, 0.3) is 0 Å². The topological polar surface area (TPSA) is 73.7 Å². The Morgan fingerprint density at radius 2 is 1.53 bits per heavy atom. The third-order valence-corrected chi connectivity index (χ3v) is 6.61. The minimum absolute atomic E-state index is 0.264. The lowest BCUT2D eigenvalue weighted by atomic mass is 9.73. The normalized spacial score (nSPS) is 16.9. The monoisotopic (exact) mass is 497 g/mol. The van der Waals surface area contributed by atoms with Crippen LogP contribution in [-0.4, -0.2) is 46.1 Å². The summed E-state index contributed by atoms with van der Waals surface area (Å²) in [6.45, 7) is 3.31. The highest BCUT2D eigenvalue weighted by molar-refractivity contribution is 6.08. The number of hydrogen-bond donors (Lipinski definition) is 1. The lowest BCUT2D eigenvalue weighted by molar-refractivity contribution is -0.192. The maximum atomic E-state index is 13.7. The van der Waals surface area contributed by atoms with Gasteiger partial charge >= 0.3 is 12.1 Å². The molecule has 0 bridgehead atoms. The molecule has 0 aliphatic carbocycles. The molecule has 3 heterocycles. The molecular weight excluding hydrogens is 471 g/mol. The standard InChI is InChI=1S/C25H25N3O.C2HF3O2/c29-24-25(13-16-27(17-14-25)19-21-10-6-7-15-26-21)22-11-4-5-12-23(22)28(24)18-20-8-2-1-3-9-20;3-2(4,5)1(6)7/h1-12,15H,13-14,16-19H2;(H,6,7). The van der Waals surface area contributed by atoms with Crippen LogP contribution in [0.5, 0.6) is 0 Å². The number of likely N-dealkylation sites (tertiary alicyclic amines) is 1. The van der Waals surface area contributed by atoms with Crippen molar-refractivity contribution in [3.8, 4) is 0 Å². The zero-order chi connectivity index (χ0) is 25.8. The van der Waals surface area contributed by atoms with Crippen LogP contribution in [-0.2, 0) is 28.1 Å². The van der Waals surface area contributed by atoms with Gasteiger partial charge < -0.3 is 10.0 Å². The van der Waals surface area contributed by atoms with Gasteiger partial charge in [-0.2, -0.15) is 13.2 Å². The molecule has 3 aromatic rings. The van der Waals surface area contributed by atoms with E-state index in [-0.39, 0.29) is 11.3 Å². The number of fused-ring (bicyclic) bond motifs is 2. The van der Waals surface area contributed by atoms with Crippen LogP contribution < -0.4 is 4.90 Å². The van der Waals surface area contributed by atoms with E-state index in [4.69, 9.17) is 9.90 Å². The molecule has 188 valence electrons. The second-order valence-corrected chi connectivity index (χ2v) is 8.88. The number of aromatic nitrogens is 1. The minimum atomic E-state index is -5.08. The van der Waals surface area contributed by atoms with Crippen molar-refractivity contribution >= 4 is 17.6 Å². The van der Waals surface area contributed by atoms with Crippen molar-refractivity contribution in [2.75, 3.05) is 18.0 Å². The third kappa shape index (κ3) is 5.41. The summed E-state index contributed by atoms with van der Waals surface area (Å²) >= 11 is 0. The number of rotatable bonds is 4. The van der Waals surface area contributed by atoms with Gasteiger partial charge in [-0.25, -0.2) is 4.79 Å². The maximum absolute atomic E-state index is 13.7. The van der Waals surface area contributed by atoms with Crippen molar-refractivity contribution in [3.63, 3.8) is 0 Å². The number of carboxylic acid groups (broad SMARTS) is 1. The first-order valence-corrected chi connectivity index (χ1v) is 11.6. The van der Waals surface area contributed by atoms with Gasteiger partial charge in [0.05, 0.1) is 17.7 Å². The van der Waals surface area contributed by atoms with Gasteiger partial charge in [-0.3, -0.25) is 14.7 Å². The molecular formula is C27H26F3N3O3. The fourth-order valence-corrected chi connectivity index (χ4v) is 4.82. The fourth-order valence-electron chi connectivity index (χ4n) is 4.82. The number of alkyl halides is 3. The Morgan fingerprint density at radius 1 is 0.917 bits per heavy atom. The van der Waals surface area contributed by atoms with Crippen LogP contribution in [0.4, 0.5) is 18.9 Å². The van der Waals surface area contributed by atoms with E-state index >= 15 is 0 Å². The number of piperidine rings is 1. The lowest BCUT2D eigenvalue weighted by Crippen LogP contribution is -2.48. The Labute approximate surface area is 207 Å². The number of aliphatic carboxylic acids is 1. The van der Waals surface area contributed by atoms with E-state index in [9.17, 15) is 18.0 Å². The highest BCUT2D eigenvalue weighted by Crippen LogP contribution is 2.48. The number of nitrogens with zero attached hydrogens (tertiary/aromatic N) is 3. The summed E-state index contributed by atoms with van der Waals surface area (Å²) < 4.78 is 31.7. The predicted octanol–water partition coefficient (Wildman–Crippen LogP) is 4.80. The lowest BCUT2D eigenvalue weighted by Gasteiger charge is -2.38. The van der Waals surface area contributed by atoms with Crippen LogP contribution in [0.2, 0.25) is 0 Å². The number of pyridine rings is 1. The molecule has 36 heavy (non-hydrogen) atoms. The molecule has 9 heteroatoms. The van der Waals surface area contributed by atoms with Gasteiger partial charge in [0.15, 0.2) is 0 Å². The van der Waals surface area contributed by atoms with E-state index in [1.807, 2.05) is 47.5 Å². The van der Waals surface area contributed by atoms with Gasteiger partial charge in [-0.15, -0.1) is 0 Å². The minimum Gasteiger partial charge on any atom is -0.475 e. The molecule has 1 saturated heterocycles. The quantitative estimate of drug-likeness (QED) is 0.561. The number of carbonyl (C=O) groups is 2. The summed E-state index contributed by atoms with van der Waals surface area (Å²) in [4.78, 5) is 31.5. The largest absolute Gasteiger partial charge is 0.490 e. The van der Waals surface area contributed by atoms with Crippen molar-refractivity contribution < 1.29 is 27.9 Å². The molecule has 1 spiro atoms. The molecule has 1 amide bonds. The number of amides is 1. The molecule has 1 fully saturated rings. The highest BCUT2D eigenvalue weighted by Gasteiger charge is 2.51. The Balaban J connectivity index is 0.000000384. The van der Waals surface area contributed by atoms with Gasteiger partial charge in [0.25, 0.3) is 0 Å². The molecule has 0 radical (unpaired) electrons. The molecule has 0 atom stereocenters. The number of halogens is 3. The van der Waals surface area contributed by atoms with Gasteiger partial charge in [-0.05, 0) is 55.3 Å². The third-order valence-electron chi connectivity index (χ3n) is 6.61. The molecule has 6 nitrogen and oxygen atoms in total. The van der Waals surface area contributed by atoms with Crippen LogP contribution in [0.1, 0.15) is 29.7 Å². The predicted molar refractivity (Wildman–Crippen MR) is 128 cm³/mol. The fraction of sp³-hybridized carbons (Fsp3) is 0.296. The first kappa shape index (κ1) is 25.4. The van der Waals surface area contributed by atoms with E-state index in [1.54, 1.807) is 0 Å². The summed E-state index contributed by atoms with van der Waals surface area (Å²) in [5, 5.41) is 7.12. The zero-order valence-corrected chi connectivity index (χ0v) is 19.5. The highest BCUT2D eigenvalue weighted by atomic mass is 19.4. The molecule has 2 aliphatic heterocycles. The van der Waals surface area contributed by atoms with Crippen LogP contribution in [0.15, 0.2) is 79.0 Å². The molecule has 2 aromatic carbocycles. The molecule has 2 aliphatic rings. The summed E-state index contributed by atoms with van der Waals surface area (Å²) in [5.74, 6) is -2.49. The van der Waals surface area contributed by atoms with E-state index in [1.165, 1.54) is 11.1 Å². The van der Waals surface area contributed by atoms with E-state index < -0.39 is 12.1 Å². The molecule has 0 saturated carbocycles. The van der Waals surface area contributed by atoms with Crippen LogP contribution >= 0.6 is 0 Å². The Morgan fingerprint density at radius 3 is 2.14 bits per heavy atom. The van der Waals surface area contributed by atoms with Gasteiger partial charge in [-0.1, -0.05) is 54.6 Å². The van der Waals surface area contributed by atoms with Crippen molar-refractivity contribution in [2.45, 2.75) is 37.5 Å². The number of benzene rings is 2. The van der Waals surface area contributed by atoms with Crippen molar-refractivity contribution in [3.05, 3.63) is 95.8 Å². The van der Waals surface area contributed by atoms with Crippen molar-refractivity contribution in [1.82, 2.24) is 9.88 Å². The molecule has 1 N–H and O–H groups in total. The average molecular weight is 498 g/mol. The summed E-state index contributed by atoms with van der Waals surface area (Å²) in [7, 11) is 0. The number of carboxylic acids is 1. The van der Waals surface area contributed by atoms with Crippen LogP contribution in [0.3, 0.4) is 0 Å². The number of para-hydroxylation sites is 1. The zero-order valence-electron chi connectivity index (χ0n) is 19.5. The smallest absolute Gasteiger partial charge is 0.475 e. The average Bonchev–Trinajstić information content (AvgIpc) is 3.09. The van der Waals surface area contributed by atoms with Crippen molar-refractivity contribution in [1.29, 1.82) is 0 Å². The second-order valence-electron chi connectivity index (χ2n) is 8.88. The maximum Gasteiger partial charge on any atom is 0.490 e. The Bertz CT molecular complexity index is 1190. The number of hydrogen-bond acceptors (Lipinski definition) is 4. The van der Waals surface area contributed by atoms with E-state index in [0.29, 0.717) is 6.54 Å². The van der Waals surface area contributed by atoms with E-state index in [2.05, 4.69) is 46.3 Å². The van der Waals surface area contributed by atoms with Crippen LogP contribution in [0, 0.1) is 0 Å². The summed E-state index contributed by atoms with van der Waals surface area (Å²) in [5.41, 5.74) is 4.16. The second kappa shape index (κ2) is 10.5. The van der Waals surface area contributed by atoms with E-state index in [0.717, 1.165) is 43.9 Å². The molecule has 0 unspecified atom stereocenters. The number of anilines is 1. The summed E-state index contributed by atoms with van der Waals surface area (Å²) in [6.07, 6.45) is -1.51.